The maximum absolute atomic E-state index is 3.32. The molecule has 0 radical (unpaired) electrons. The number of hydrogen-bond donors (Lipinski definition) is 1. The van der Waals surface area contributed by atoms with Crippen LogP contribution in [0.2, 0.25) is 0 Å². The highest BCUT2D eigenvalue weighted by Crippen LogP contribution is 2.21. The molecule has 88 valence electrons. The third-order valence-corrected chi connectivity index (χ3v) is 3.26. The number of nitrogens with one attached hydrogen (secondary N) is 1. The Morgan fingerprint density at radius 3 is 2.38 bits per heavy atom. The molecule has 1 nitrogen and oxygen atoms in total. The van der Waals surface area contributed by atoms with Gasteiger partial charge in [-0.15, -0.1) is 11.8 Å². The van der Waals surface area contributed by atoms with Gasteiger partial charge in [-0.25, -0.2) is 0 Å². The van der Waals surface area contributed by atoms with Crippen molar-refractivity contribution in [2.45, 2.75) is 31.7 Å². The first kappa shape index (κ1) is 13.3. The zero-order valence-corrected chi connectivity index (χ0v) is 11.4. The molecule has 1 rings (SSSR count). The molecule has 16 heavy (non-hydrogen) atoms. The second-order valence-electron chi connectivity index (χ2n) is 4.01. The van der Waals surface area contributed by atoms with Crippen LogP contribution in [-0.4, -0.2) is 12.8 Å². The summed E-state index contributed by atoms with van der Waals surface area (Å²) in [5.74, 6) is 1.13. The van der Waals surface area contributed by atoms with Crippen molar-refractivity contribution in [2.24, 2.45) is 0 Å². The molecule has 1 atom stereocenters. The second-order valence-corrected chi connectivity index (χ2v) is 5.35. The lowest BCUT2D eigenvalue weighted by Gasteiger charge is -2.13. The Balaban J connectivity index is 2.82. The van der Waals surface area contributed by atoms with E-state index in [1.54, 1.807) is 0 Å². The molecule has 1 aromatic carbocycles. The number of hydrogen-bond acceptors (Lipinski definition) is 2. The second kappa shape index (κ2) is 6.77. The van der Waals surface area contributed by atoms with Crippen LogP contribution in [0.3, 0.4) is 0 Å². The van der Waals surface area contributed by atoms with Crippen LogP contribution in [0.1, 0.15) is 32.4 Å². The first-order valence-corrected chi connectivity index (χ1v) is 6.71. The minimum atomic E-state index is 0.325. The van der Waals surface area contributed by atoms with Gasteiger partial charge in [-0.2, -0.15) is 0 Å². The molecule has 1 N–H and O–H groups in total. The summed E-state index contributed by atoms with van der Waals surface area (Å²) in [6.07, 6.45) is 2.25. The summed E-state index contributed by atoms with van der Waals surface area (Å²) in [6, 6.07) is 9.14. The van der Waals surface area contributed by atoms with Gasteiger partial charge in [0.05, 0.1) is 6.04 Å². The van der Waals surface area contributed by atoms with E-state index in [0.29, 0.717) is 6.04 Å². The number of thioether (sulfide) groups is 1. The predicted octanol–water partition coefficient (Wildman–Crippen LogP) is 4.03. The molecule has 0 saturated heterocycles. The predicted molar refractivity (Wildman–Crippen MR) is 74.1 cm³/mol. The molecule has 0 bridgehead atoms. The van der Waals surface area contributed by atoms with Gasteiger partial charge in [-0.1, -0.05) is 30.7 Å². The molecule has 0 aliphatic carbocycles. The first-order valence-electron chi connectivity index (χ1n) is 5.72. The van der Waals surface area contributed by atoms with Crippen LogP contribution in [0, 0.1) is 0 Å². The Labute approximate surface area is 103 Å². The quantitative estimate of drug-likeness (QED) is 0.611. The fourth-order valence-electron chi connectivity index (χ4n) is 1.62. The molecule has 0 aliphatic rings. The minimum absolute atomic E-state index is 0.325. The zero-order chi connectivity index (χ0) is 12.0. The van der Waals surface area contributed by atoms with Crippen molar-refractivity contribution in [1.82, 2.24) is 5.32 Å². The molecule has 2 heteroatoms. The minimum Gasteiger partial charge on any atom is -0.310 e. The molecule has 0 amide bonds. The van der Waals surface area contributed by atoms with Crippen LogP contribution in [0.4, 0.5) is 0 Å². The van der Waals surface area contributed by atoms with E-state index in [0.717, 1.165) is 5.75 Å². The first-order chi connectivity index (χ1) is 7.67. The highest BCUT2D eigenvalue weighted by Gasteiger charge is 2.05. The Morgan fingerprint density at radius 2 is 1.94 bits per heavy atom. The third kappa shape index (κ3) is 4.03. The zero-order valence-electron chi connectivity index (χ0n) is 10.6. The van der Waals surface area contributed by atoms with E-state index in [-0.39, 0.29) is 0 Å². The van der Waals surface area contributed by atoms with E-state index in [1.807, 2.05) is 18.8 Å². The largest absolute Gasteiger partial charge is 0.310 e. The number of rotatable bonds is 5. The smallest absolute Gasteiger partial charge is 0.0506 e. The van der Waals surface area contributed by atoms with E-state index in [2.05, 4.69) is 56.4 Å². The van der Waals surface area contributed by atoms with Gasteiger partial charge in [-0.3, -0.25) is 0 Å². The Kier molecular flexibility index (Phi) is 5.64. The topological polar surface area (TPSA) is 12.0 Å². The van der Waals surface area contributed by atoms with Crippen molar-refractivity contribution in [1.29, 1.82) is 0 Å². The number of benzene rings is 1. The van der Waals surface area contributed by atoms with Crippen molar-refractivity contribution in [2.75, 3.05) is 12.8 Å². The van der Waals surface area contributed by atoms with Crippen LogP contribution >= 0.6 is 11.8 Å². The summed E-state index contributed by atoms with van der Waals surface area (Å²) in [7, 11) is 2.00. The van der Waals surface area contributed by atoms with Crippen LogP contribution in [-0.2, 0) is 0 Å². The molecule has 0 aliphatic heterocycles. The fraction of sp³-hybridized carbons (Fsp3) is 0.429. The monoisotopic (exact) mass is 235 g/mol. The van der Waals surface area contributed by atoms with Gasteiger partial charge >= 0.3 is 0 Å². The molecular formula is C14H21NS. The van der Waals surface area contributed by atoms with Crippen molar-refractivity contribution >= 4 is 11.8 Å². The van der Waals surface area contributed by atoms with Crippen molar-refractivity contribution in [3.05, 3.63) is 41.5 Å². The summed E-state index contributed by atoms with van der Waals surface area (Å²) in [5, 5.41) is 3.32. The average molecular weight is 235 g/mol. The Hall–Kier alpha value is -0.730. The van der Waals surface area contributed by atoms with Gasteiger partial charge < -0.3 is 5.32 Å². The van der Waals surface area contributed by atoms with E-state index in [1.165, 1.54) is 16.0 Å². The highest BCUT2D eigenvalue weighted by molar-refractivity contribution is 7.99. The third-order valence-electron chi connectivity index (χ3n) is 2.36. The maximum Gasteiger partial charge on any atom is 0.0506 e. The van der Waals surface area contributed by atoms with Gasteiger partial charge in [0.25, 0.3) is 0 Å². The molecule has 0 spiro atoms. The van der Waals surface area contributed by atoms with E-state index < -0.39 is 0 Å². The highest BCUT2D eigenvalue weighted by atomic mass is 32.2. The molecule has 0 aromatic heterocycles. The van der Waals surface area contributed by atoms with Gasteiger partial charge in [-0.05, 0) is 44.3 Å². The lowest BCUT2D eigenvalue weighted by Crippen LogP contribution is -2.14. The van der Waals surface area contributed by atoms with Crippen molar-refractivity contribution in [3.8, 4) is 0 Å². The fourth-order valence-corrected chi connectivity index (χ4v) is 2.28. The lowest BCUT2D eigenvalue weighted by molar-refractivity contribution is 0.709. The van der Waals surface area contributed by atoms with Gasteiger partial charge in [0, 0.05) is 4.90 Å². The van der Waals surface area contributed by atoms with E-state index in [9.17, 15) is 0 Å². The summed E-state index contributed by atoms with van der Waals surface area (Å²) >= 11 is 1.88. The molecular weight excluding hydrogens is 214 g/mol. The van der Waals surface area contributed by atoms with Crippen LogP contribution in [0.5, 0.6) is 0 Å². The molecule has 0 fully saturated rings. The normalized spacial score (nSPS) is 12.2. The molecule has 0 saturated carbocycles. The van der Waals surface area contributed by atoms with Gasteiger partial charge in [0.1, 0.15) is 0 Å². The maximum atomic E-state index is 3.32. The summed E-state index contributed by atoms with van der Waals surface area (Å²) < 4.78 is 0. The van der Waals surface area contributed by atoms with Gasteiger partial charge in [0.15, 0.2) is 0 Å². The summed E-state index contributed by atoms with van der Waals surface area (Å²) in [4.78, 5) is 1.35. The van der Waals surface area contributed by atoms with Crippen LogP contribution in [0.15, 0.2) is 40.8 Å². The van der Waals surface area contributed by atoms with Crippen molar-refractivity contribution < 1.29 is 0 Å². The van der Waals surface area contributed by atoms with Crippen LogP contribution in [0.25, 0.3) is 0 Å². The Bertz CT molecular complexity index is 336. The summed E-state index contributed by atoms with van der Waals surface area (Å²) in [6.45, 7) is 6.44. The van der Waals surface area contributed by atoms with Crippen LogP contribution < -0.4 is 5.32 Å². The Morgan fingerprint density at radius 1 is 1.31 bits per heavy atom. The van der Waals surface area contributed by atoms with Gasteiger partial charge in [0.2, 0.25) is 0 Å². The summed E-state index contributed by atoms with van der Waals surface area (Å²) in [5.41, 5.74) is 2.66. The number of likely N-dealkylation sites (N-methyl/N-ethyl adjacent to an activating group) is 1. The standard InChI is InChI=1S/C14H21NS/c1-5-16-13-8-6-12(7-9-13)14(15-4)10-11(2)3/h6-10,14-15H,5H2,1-4H3. The van der Waals surface area contributed by atoms with Crippen molar-refractivity contribution in [3.63, 3.8) is 0 Å². The average Bonchev–Trinajstić information content (AvgIpc) is 2.27. The van der Waals surface area contributed by atoms with E-state index in [4.69, 9.17) is 0 Å². The molecule has 1 unspecified atom stereocenters. The lowest BCUT2D eigenvalue weighted by atomic mass is 10.1. The SMILES string of the molecule is CCSc1ccc(C(C=C(C)C)NC)cc1. The van der Waals surface area contributed by atoms with E-state index >= 15 is 0 Å². The molecule has 0 heterocycles. The number of allylic oxidation sites excluding steroid dienone is 1. The molecule has 1 aromatic rings.